The largest absolute Gasteiger partial charge is 0.299 e. The van der Waals surface area contributed by atoms with Crippen LogP contribution in [-0.2, 0) is 22.6 Å². The van der Waals surface area contributed by atoms with Gasteiger partial charge in [0.2, 0.25) is 0 Å². The van der Waals surface area contributed by atoms with Crippen molar-refractivity contribution in [3.63, 3.8) is 0 Å². The van der Waals surface area contributed by atoms with Gasteiger partial charge in [-0.15, -0.1) is 5.10 Å². The van der Waals surface area contributed by atoms with Crippen molar-refractivity contribution in [2.24, 2.45) is 10.8 Å². The Morgan fingerprint density at radius 1 is 1.16 bits per heavy atom. The fourth-order valence-electron chi connectivity index (χ4n) is 3.69. The van der Waals surface area contributed by atoms with Gasteiger partial charge in [0.05, 0.1) is 5.69 Å². The van der Waals surface area contributed by atoms with Gasteiger partial charge in [-0.2, -0.15) is 0 Å². The van der Waals surface area contributed by atoms with E-state index in [0.29, 0.717) is 18.6 Å². The van der Waals surface area contributed by atoms with Crippen LogP contribution < -0.4 is 0 Å². The number of fused-ring (bicyclic) bond motifs is 2. The summed E-state index contributed by atoms with van der Waals surface area (Å²) in [4.78, 5) is 25.1. The molecule has 0 N–H and O–H groups in total. The van der Waals surface area contributed by atoms with Crippen molar-refractivity contribution < 1.29 is 9.59 Å². The molecule has 1 aromatic rings. The number of hydrogen-bond donors (Lipinski definition) is 0. The summed E-state index contributed by atoms with van der Waals surface area (Å²) in [5, 5.41) is 8.45. The standard InChI is InChI=1S/C20H33N3O2/c1-5-19(3)11-6-7-14-23-15-17(21-22-23)9-8-12-20(4,16(2)24)13-10-18(19)25/h15H,5-14H2,1-4H3/t19-,20+/m0/s1. The third-order valence-corrected chi connectivity index (χ3v) is 6.32. The molecule has 140 valence electrons. The maximum Gasteiger partial charge on any atom is 0.138 e. The number of ketones is 2. The number of nitrogens with zero attached hydrogens (tertiary/aromatic N) is 3. The molecule has 0 saturated heterocycles. The fraction of sp³-hybridized carbons (Fsp3) is 0.800. The predicted molar refractivity (Wildman–Crippen MR) is 98.2 cm³/mol. The number of hydrogen-bond acceptors (Lipinski definition) is 4. The second-order valence-electron chi connectivity index (χ2n) is 8.24. The zero-order valence-electron chi connectivity index (χ0n) is 16.3. The predicted octanol–water partition coefficient (Wildman–Crippen LogP) is 4.15. The van der Waals surface area contributed by atoms with Gasteiger partial charge in [-0.1, -0.05) is 32.4 Å². The SMILES string of the molecule is CC[C@@]1(C)CCCCn2cc(nn2)CCC[C@@](C)(C(C)=O)CCC1=O. The molecule has 2 heterocycles. The monoisotopic (exact) mass is 347 g/mol. The number of carbonyl (C=O) groups excluding carboxylic acids is 2. The molecular formula is C20H33N3O2. The lowest BCUT2D eigenvalue weighted by Gasteiger charge is -2.31. The van der Waals surface area contributed by atoms with E-state index in [1.54, 1.807) is 6.92 Å². The molecule has 0 saturated carbocycles. The number of carbonyl (C=O) groups is 2. The van der Waals surface area contributed by atoms with Gasteiger partial charge in [-0.05, 0) is 51.9 Å². The molecule has 0 amide bonds. The van der Waals surface area contributed by atoms with E-state index in [2.05, 4.69) is 24.2 Å². The number of Topliss-reactive ketones (excluding diaryl/α,β-unsaturated/α-hetero) is 2. The van der Waals surface area contributed by atoms with Crippen LogP contribution in [0.15, 0.2) is 6.20 Å². The van der Waals surface area contributed by atoms with Crippen molar-refractivity contribution in [3.8, 4) is 0 Å². The van der Waals surface area contributed by atoms with Crippen molar-refractivity contribution in [1.82, 2.24) is 15.0 Å². The quantitative estimate of drug-likeness (QED) is 0.806. The van der Waals surface area contributed by atoms with Crippen molar-refractivity contribution in [2.45, 2.75) is 92.0 Å². The highest BCUT2D eigenvalue weighted by atomic mass is 16.1. The molecule has 1 aromatic heterocycles. The normalized spacial score (nSPS) is 29.7. The van der Waals surface area contributed by atoms with Crippen molar-refractivity contribution in [3.05, 3.63) is 11.9 Å². The summed E-state index contributed by atoms with van der Waals surface area (Å²) in [6.07, 6.45) is 9.50. The maximum absolute atomic E-state index is 12.9. The Morgan fingerprint density at radius 3 is 2.60 bits per heavy atom. The van der Waals surface area contributed by atoms with E-state index in [4.69, 9.17) is 0 Å². The molecule has 1 aliphatic rings. The van der Waals surface area contributed by atoms with E-state index in [9.17, 15) is 9.59 Å². The van der Waals surface area contributed by atoms with Crippen molar-refractivity contribution in [1.29, 1.82) is 0 Å². The highest BCUT2D eigenvalue weighted by Gasteiger charge is 2.35. The van der Waals surface area contributed by atoms with Crippen LogP contribution in [0.3, 0.4) is 0 Å². The van der Waals surface area contributed by atoms with Gasteiger partial charge >= 0.3 is 0 Å². The van der Waals surface area contributed by atoms with Gasteiger partial charge in [0.15, 0.2) is 0 Å². The summed E-state index contributed by atoms with van der Waals surface area (Å²) in [6, 6.07) is 0. The van der Waals surface area contributed by atoms with Gasteiger partial charge in [0, 0.05) is 30.0 Å². The highest BCUT2D eigenvalue weighted by Crippen LogP contribution is 2.36. The lowest BCUT2D eigenvalue weighted by molar-refractivity contribution is -0.131. The van der Waals surface area contributed by atoms with Crippen LogP contribution in [-0.4, -0.2) is 26.6 Å². The van der Waals surface area contributed by atoms with Crippen LogP contribution >= 0.6 is 0 Å². The van der Waals surface area contributed by atoms with Crippen LogP contribution in [0.25, 0.3) is 0 Å². The first kappa shape index (κ1) is 19.8. The van der Waals surface area contributed by atoms with Gasteiger partial charge in [-0.3, -0.25) is 14.3 Å². The van der Waals surface area contributed by atoms with Gasteiger partial charge < -0.3 is 0 Å². The minimum Gasteiger partial charge on any atom is -0.299 e. The number of rotatable bonds is 2. The Labute approximate surface area is 151 Å². The zero-order valence-corrected chi connectivity index (χ0v) is 16.3. The number of aromatic nitrogens is 3. The molecular weight excluding hydrogens is 314 g/mol. The van der Waals surface area contributed by atoms with Crippen LogP contribution in [0.1, 0.15) is 84.8 Å². The summed E-state index contributed by atoms with van der Waals surface area (Å²) in [7, 11) is 0. The Balaban J connectivity index is 2.18. The molecule has 0 aromatic carbocycles. The molecule has 5 heteroatoms. The summed E-state index contributed by atoms with van der Waals surface area (Å²) in [6.45, 7) is 8.72. The van der Waals surface area contributed by atoms with E-state index >= 15 is 0 Å². The Bertz CT molecular complexity index is 610. The average Bonchev–Trinajstić information content (AvgIpc) is 3.03. The summed E-state index contributed by atoms with van der Waals surface area (Å²) in [5.41, 5.74) is 0.307. The summed E-state index contributed by atoms with van der Waals surface area (Å²) >= 11 is 0. The maximum atomic E-state index is 12.9. The first-order valence-electron chi connectivity index (χ1n) is 9.72. The molecule has 0 aliphatic carbocycles. The van der Waals surface area contributed by atoms with Crippen LogP contribution in [0.5, 0.6) is 0 Å². The van der Waals surface area contributed by atoms with Crippen molar-refractivity contribution in [2.75, 3.05) is 0 Å². The molecule has 2 bridgehead atoms. The topological polar surface area (TPSA) is 64.8 Å². The van der Waals surface area contributed by atoms with Crippen LogP contribution in [0.4, 0.5) is 0 Å². The fourth-order valence-corrected chi connectivity index (χ4v) is 3.69. The smallest absolute Gasteiger partial charge is 0.138 e. The third-order valence-electron chi connectivity index (χ3n) is 6.32. The molecule has 0 fully saturated rings. The number of aryl methyl sites for hydroxylation is 2. The summed E-state index contributed by atoms with van der Waals surface area (Å²) < 4.78 is 1.91. The molecule has 2 atom stereocenters. The minimum atomic E-state index is -0.416. The Morgan fingerprint density at radius 2 is 1.92 bits per heavy atom. The van der Waals surface area contributed by atoms with Gasteiger partial charge in [0.25, 0.3) is 0 Å². The second kappa shape index (κ2) is 8.24. The average molecular weight is 348 g/mol. The molecule has 0 unspecified atom stereocenters. The first-order chi connectivity index (χ1) is 11.8. The Hall–Kier alpha value is -1.52. The molecule has 5 nitrogen and oxygen atoms in total. The van der Waals surface area contributed by atoms with E-state index in [1.165, 1.54) is 0 Å². The van der Waals surface area contributed by atoms with Crippen molar-refractivity contribution >= 4 is 11.6 Å². The van der Waals surface area contributed by atoms with E-state index in [1.807, 2.05) is 17.8 Å². The van der Waals surface area contributed by atoms with Gasteiger partial charge in [0.1, 0.15) is 11.6 Å². The van der Waals surface area contributed by atoms with Gasteiger partial charge in [-0.25, -0.2) is 0 Å². The second-order valence-corrected chi connectivity index (χ2v) is 8.24. The molecule has 1 aliphatic heterocycles. The van der Waals surface area contributed by atoms with E-state index in [0.717, 1.165) is 57.2 Å². The van der Waals surface area contributed by atoms with E-state index in [-0.39, 0.29) is 11.2 Å². The molecule has 0 spiro atoms. The summed E-state index contributed by atoms with van der Waals surface area (Å²) in [5.74, 6) is 0.506. The first-order valence-corrected chi connectivity index (χ1v) is 9.72. The van der Waals surface area contributed by atoms with Crippen LogP contribution in [0.2, 0.25) is 0 Å². The van der Waals surface area contributed by atoms with E-state index < -0.39 is 5.41 Å². The Kier molecular flexibility index (Phi) is 6.53. The molecule has 0 radical (unpaired) electrons. The molecule has 25 heavy (non-hydrogen) atoms. The zero-order chi connectivity index (χ0) is 18.5. The highest BCUT2D eigenvalue weighted by molar-refractivity contribution is 5.86. The minimum absolute atomic E-state index is 0.187. The lowest BCUT2D eigenvalue weighted by atomic mass is 9.72. The van der Waals surface area contributed by atoms with Crippen LogP contribution in [0, 0.1) is 10.8 Å². The third kappa shape index (κ3) is 4.99. The molecule has 2 rings (SSSR count). The lowest BCUT2D eigenvalue weighted by Crippen LogP contribution is -2.31.